The van der Waals surface area contributed by atoms with Crippen LogP contribution in [0.1, 0.15) is 42.6 Å². The van der Waals surface area contributed by atoms with Gasteiger partial charge < -0.3 is 4.74 Å². The molecule has 1 fully saturated rings. The molecule has 0 unspecified atom stereocenters. The SMILES string of the molecule is CCOC(=O)c1cc(-c2ccc(S(=O)(=O)Nc3cccnc3)cc2)nc2c1c(-c1ccc(CC)cc1)nn2CC1CC1. The lowest BCUT2D eigenvalue weighted by atomic mass is 10.0. The van der Waals surface area contributed by atoms with Crippen molar-refractivity contribution in [2.45, 2.75) is 44.6 Å². The van der Waals surface area contributed by atoms with E-state index in [-0.39, 0.29) is 11.5 Å². The van der Waals surface area contributed by atoms with Gasteiger partial charge in [-0.3, -0.25) is 9.71 Å². The Labute approximate surface area is 244 Å². The third-order valence-electron chi connectivity index (χ3n) is 7.34. The number of aromatic nitrogens is 4. The molecule has 0 amide bonds. The van der Waals surface area contributed by atoms with Gasteiger partial charge in [0, 0.05) is 23.9 Å². The van der Waals surface area contributed by atoms with Crippen molar-refractivity contribution in [1.82, 2.24) is 19.7 Å². The molecule has 0 radical (unpaired) electrons. The quantitative estimate of drug-likeness (QED) is 0.198. The lowest BCUT2D eigenvalue weighted by Crippen LogP contribution is -2.13. The number of benzene rings is 2. The molecule has 42 heavy (non-hydrogen) atoms. The normalized spacial score (nSPS) is 13.3. The van der Waals surface area contributed by atoms with E-state index in [2.05, 4.69) is 28.8 Å². The summed E-state index contributed by atoms with van der Waals surface area (Å²) in [6.07, 6.45) is 6.21. The van der Waals surface area contributed by atoms with Crippen molar-refractivity contribution < 1.29 is 17.9 Å². The first-order valence-corrected chi connectivity index (χ1v) is 15.6. The Bertz CT molecular complexity index is 1850. The maximum Gasteiger partial charge on any atom is 0.339 e. The number of rotatable bonds is 10. The van der Waals surface area contributed by atoms with Crippen LogP contribution >= 0.6 is 0 Å². The summed E-state index contributed by atoms with van der Waals surface area (Å²) in [7, 11) is -3.82. The Hall–Kier alpha value is -4.57. The third kappa shape index (κ3) is 5.62. The standard InChI is InChI=1S/C32H31N5O4S/c1-3-21-9-11-24(12-10-21)30-29-27(32(38)41-4-2)18-28(34-31(29)37(35-30)20-22-7-8-22)23-13-15-26(16-14-23)42(39,40)36-25-6-5-17-33-19-25/h5-6,9-19,22,36H,3-4,7-8,20H2,1-2H3. The monoisotopic (exact) mass is 581 g/mol. The van der Waals surface area contributed by atoms with Crippen LogP contribution in [-0.2, 0) is 27.7 Å². The highest BCUT2D eigenvalue weighted by Gasteiger charge is 2.28. The van der Waals surface area contributed by atoms with Gasteiger partial charge in [0.25, 0.3) is 10.0 Å². The maximum atomic E-state index is 13.3. The predicted octanol–water partition coefficient (Wildman–Crippen LogP) is 6.11. The summed E-state index contributed by atoms with van der Waals surface area (Å²) in [5.41, 5.74) is 5.36. The van der Waals surface area contributed by atoms with E-state index < -0.39 is 16.0 Å². The maximum absolute atomic E-state index is 13.3. The molecule has 3 heterocycles. The average Bonchev–Trinajstić information content (AvgIpc) is 3.76. The van der Waals surface area contributed by atoms with E-state index in [1.54, 1.807) is 43.5 Å². The molecule has 3 aromatic heterocycles. The number of carbonyl (C=O) groups excluding carboxylic acids is 1. The van der Waals surface area contributed by atoms with Crippen LogP contribution in [0, 0.1) is 5.92 Å². The van der Waals surface area contributed by atoms with Gasteiger partial charge in [0.1, 0.15) is 5.69 Å². The Morgan fingerprint density at radius 3 is 2.40 bits per heavy atom. The molecule has 2 aromatic carbocycles. The minimum atomic E-state index is -3.82. The number of anilines is 1. The van der Waals surface area contributed by atoms with Crippen LogP contribution in [0.4, 0.5) is 5.69 Å². The summed E-state index contributed by atoms with van der Waals surface area (Å²) in [6, 6.07) is 19.6. The molecule has 1 N–H and O–H groups in total. The van der Waals surface area contributed by atoms with Crippen molar-refractivity contribution >= 4 is 32.7 Å². The molecule has 214 valence electrons. The van der Waals surface area contributed by atoms with Gasteiger partial charge in [-0.2, -0.15) is 5.10 Å². The second-order valence-electron chi connectivity index (χ2n) is 10.4. The van der Waals surface area contributed by atoms with Crippen molar-refractivity contribution in [3.63, 3.8) is 0 Å². The fourth-order valence-corrected chi connectivity index (χ4v) is 5.95. The Morgan fingerprint density at radius 1 is 1.02 bits per heavy atom. The van der Waals surface area contributed by atoms with Crippen molar-refractivity contribution in [3.05, 3.63) is 90.3 Å². The van der Waals surface area contributed by atoms with Crippen LogP contribution < -0.4 is 4.72 Å². The number of nitrogens with zero attached hydrogens (tertiary/aromatic N) is 4. The fraction of sp³-hybridized carbons (Fsp3) is 0.250. The number of esters is 1. The first-order valence-electron chi connectivity index (χ1n) is 14.1. The largest absolute Gasteiger partial charge is 0.462 e. The highest BCUT2D eigenvalue weighted by molar-refractivity contribution is 7.92. The Morgan fingerprint density at radius 2 is 1.76 bits per heavy atom. The summed E-state index contributed by atoms with van der Waals surface area (Å²) in [5, 5.41) is 5.63. The van der Waals surface area contributed by atoms with Crippen LogP contribution in [-0.4, -0.2) is 40.7 Å². The van der Waals surface area contributed by atoms with Gasteiger partial charge in [-0.15, -0.1) is 0 Å². The first kappa shape index (κ1) is 27.6. The molecule has 0 bridgehead atoms. The molecule has 0 spiro atoms. The van der Waals surface area contributed by atoms with E-state index in [0.29, 0.717) is 51.7 Å². The number of nitrogens with one attached hydrogen (secondary N) is 1. The van der Waals surface area contributed by atoms with Crippen LogP contribution in [0.3, 0.4) is 0 Å². The van der Waals surface area contributed by atoms with Crippen molar-refractivity contribution in [1.29, 1.82) is 0 Å². The molecule has 0 aliphatic heterocycles. The van der Waals surface area contributed by atoms with E-state index in [1.807, 2.05) is 16.8 Å². The van der Waals surface area contributed by atoms with Crippen LogP contribution in [0.15, 0.2) is 84.0 Å². The molecule has 0 atom stereocenters. The predicted molar refractivity (Wildman–Crippen MR) is 162 cm³/mol. The van der Waals surface area contributed by atoms with Gasteiger partial charge in [-0.1, -0.05) is 43.3 Å². The van der Waals surface area contributed by atoms with E-state index >= 15 is 0 Å². The van der Waals surface area contributed by atoms with Gasteiger partial charge in [-0.05, 0) is 68.0 Å². The number of hydrogen-bond acceptors (Lipinski definition) is 7. The van der Waals surface area contributed by atoms with Gasteiger partial charge in [0.2, 0.25) is 0 Å². The topological polar surface area (TPSA) is 116 Å². The minimum absolute atomic E-state index is 0.0957. The molecule has 1 saturated carbocycles. The fourth-order valence-electron chi connectivity index (χ4n) is 4.90. The van der Waals surface area contributed by atoms with Crippen LogP contribution in [0.25, 0.3) is 33.5 Å². The molecule has 5 aromatic rings. The number of sulfonamides is 1. The average molecular weight is 582 g/mol. The van der Waals surface area contributed by atoms with E-state index in [0.717, 1.165) is 24.8 Å². The summed E-state index contributed by atoms with van der Waals surface area (Å²) in [4.78, 5) is 22.4. The molecule has 0 saturated heterocycles. The van der Waals surface area contributed by atoms with Gasteiger partial charge in [0.15, 0.2) is 5.65 Å². The second-order valence-corrected chi connectivity index (χ2v) is 12.1. The molecule has 1 aliphatic carbocycles. The number of fused-ring (bicyclic) bond motifs is 1. The number of pyridine rings is 2. The smallest absolute Gasteiger partial charge is 0.339 e. The number of carbonyl (C=O) groups is 1. The molecular formula is C32H31N5O4S. The lowest BCUT2D eigenvalue weighted by Gasteiger charge is -2.11. The number of aryl methyl sites for hydroxylation is 1. The van der Waals surface area contributed by atoms with E-state index in [9.17, 15) is 13.2 Å². The van der Waals surface area contributed by atoms with Gasteiger partial charge in [-0.25, -0.2) is 22.9 Å². The number of ether oxygens (including phenoxy) is 1. The summed E-state index contributed by atoms with van der Waals surface area (Å²) in [6.45, 7) is 4.82. The third-order valence-corrected chi connectivity index (χ3v) is 8.73. The van der Waals surface area contributed by atoms with Gasteiger partial charge >= 0.3 is 5.97 Å². The zero-order chi connectivity index (χ0) is 29.3. The summed E-state index contributed by atoms with van der Waals surface area (Å²) in [5.74, 6) is 0.0696. The van der Waals surface area contributed by atoms with Crippen LogP contribution in [0.2, 0.25) is 0 Å². The zero-order valence-electron chi connectivity index (χ0n) is 23.4. The van der Waals surface area contributed by atoms with Crippen LogP contribution in [0.5, 0.6) is 0 Å². The highest BCUT2D eigenvalue weighted by atomic mass is 32.2. The van der Waals surface area contributed by atoms with E-state index in [1.165, 1.54) is 23.9 Å². The van der Waals surface area contributed by atoms with E-state index in [4.69, 9.17) is 14.8 Å². The minimum Gasteiger partial charge on any atom is -0.462 e. The molecule has 6 rings (SSSR count). The number of hydrogen-bond donors (Lipinski definition) is 1. The molecular weight excluding hydrogens is 550 g/mol. The second kappa shape index (κ2) is 11.4. The van der Waals surface area contributed by atoms with Gasteiger partial charge in [0.05, 0.1) is 40.0 Å². The first-order chi connectivity index (χ1) is 20.4. The zero-order valence-corrected chi connectivity index (χ0v) is 24.3. The Balaban J connectivity index is 1.45. The molecule has 1 aliphatic rings. The highest BCUT2D eigenvalue weighted by Crippen LogP contribution is 2.37. The summed E-state index contributed by atoms with van der Waals surface area (Å²) >= 11 is 0. The Kier molecular flexibility index (Phi) is 7.47. The lowest BCUT2D eigenvalue weighted by molar-refractivity contribution is 0.0528. The summed E-state index contributed by atoms with van der Waals surface area (Å²) < 4.78 is 35.8. The van der Waals surface area contributed by atoms with Crippen molar-refractivity contribution in [3.8, 4) is 22.5 Å². The van der Waals surface area contributed by atoms with Crippen molar-refractivity contribution in [2.75, 3.05) is 11.3 Å². The molecule has 10 heteroatoms. The molecule has 9 nitrogen and oxygen atoms in total. The van der Waals surface area contributed by atoms with Crippen molar-refractivity contribution in [2.24, 2.45) is 5.92 Å².